The Hall–Kier alpha value is -10.9. The first-order valence-electron chi connectivity index (χ1n) is 35.4. The van der Waals surface area contributed by atoms with Crippen LogP contribution in [0.5, 0.6) is 0 Å². The normalized spacial score (nSPS) is 13.2. The maximum atomic E-state index is 2.69. The van der Waals surface area contributed by atoms with Gasteiger partial charge in [0.05, 0.1) is 38.8 Å². The van der Waals surface area contributed by atoms with Gasteiger partial charge >= 0.3 is 0 Å². The third kappa shape index (κ3) is 9.40. The summed E-state index contributed by atoms with van der Waals surface area (Å²) in [5, 5.41) is 12.2. The van der Waals surface area contributed by atoms with E-state index in [9.17, 15) is 0 Å². The van der Waals surface area contributed by atoms with Crippen molar-refractivity contribution in [3.63, 3.8) is 0 Å². The van der Waals surface area contributed by atoms with Gasteiger partial charge in [0, 0.05) is 71.9 Å². The summed E-state index contributed by atoms with van der Waals surface area (Å²) in [5.74, 6) is 0. The molecule has 0 spiro atoms. The third-order valence-corrected chi connectivity index (χ3v) is 21.9. The van der Waals surface area contributed by atoms with Gasteiger partial charge in [-0.3, -0.25) is 0 Å². The van der Waals surface area contributed by atoms with Crippen LogP contribution < -0.4 is 21.3 Å². The molecule has 0 amide bonds. The average Bonchev–Trinajstić information content (AvgIpc) is 1.32. The van der Waals surface area contributed by atoms with Gasteiger partial charge in [0.1, 0.15) is 0 Å². The van der Waals surface area contributed by atoms with E-state index in [1.807, 2.05) is 0 Å². The smallest absolute Gasteiger partial charge is 0.252 e. The Kier molecular flexibility index (Phi) is 13.3. The number of hydrogen-bond donors (Lipinski definition) is 0. The van der Waals surface area contributed by atoms with Crippen LogP contribution in [0.4, 0.5) is 17.1 Å². The molecule has 4 nitrogen and oxygen atoms in total. The molecule has 5 heteroatoms. The van der Waals surface area contributed by atoms with E-state index in [0.717, 1.165) is 61.9 Å². The summed E-state index contributed by atoms with van der Waals surface area (Å²) >= 11 is 0. The standard InChI is InChI=1S/C94H81BN4/c1-91(2,3)60-40-49-81-76(52-60)77-53-61(92(4,5)6)41-50-82(77)96(81)64-42-47-78-86(56-64)98-80-37-24-23-34-72(80)70-32-21-19-30-68(70)69-31-20-22-33-71(69)75-46-51-83-88(90(75)98)95(78)79-48-43-65(97-84-54-62(93(7,8)9)38-44-73(84)74-45-39-63(55-85(74)97)94(10,11)12)57-87(79)99(83)89-66(58-26-15-13-16-27-58)35-25-36-67(89)59-28-17-14-18-29-59/h13-57H,1-12H3. The summed E-state index contributed by atoms with van der Waals surface area (Å²) in [7, 11) is 0. The lowest BCUT2D eigenvalue weighted by atomic mass is 9.33. The zero-order valence-electron chi connectivity index (χ0n) is 58.8. The molecular formula is C94H81BN4. The SMILES string of the molecule is CC(C)(C)c1ccc2c(c1)c1cc(C(C)(C)C)ccc1n2-c1ccc2c(c1)-n1c3ccccc3c3ccccc3c3ccccc3c3ccc4c(c31)B2c1ccc(-n2c3cc(C(C)(C)C)ccc3c3ccc(C(C)(C)C)cc32)cc1N4c1c(-c2ccccc2)cccc1-c1ccccc1. The Morgan fingerprint density at radius 3 is 1.14 bits per heavy atom. The summed E-state index contributed by atoms with van der Waals surface area (Å²) in [6, 6.07) is 105. The van der Waals surface area contributed by atoms with Crippen LogP contribution in [0.15, 0.2) is 273 Å². The van der Waals surface area contributed by atoms with Crippen LogP contribution in [0.3, 0.4) is 0 Å². The first-order valence-corrected chi connectivity index (χ1v) is 35.4. The van der Waals surface area contributed by atoms with Gasteiger partial charge in [0.25, 0.3) is 6.71 Å². The maximum Gasteiger partial charge on any atom is 0.252 e. The zero-order chi connectivity index (χ0) is 67.8. The highest BCUT2D eigenvalue weighted by Crippen LogP contribution is 2.51. The van der Waals surface area contributed by atoms with Crippen molar-refractivity contribution in [2.24, 2.45) is 0 Å². The zero-order valence-corrected chi connectivity index (χ0v) is 58.8. The molecule has 0 saturated carbocycles. The molecule has 5 heterocycles. The van der Waals surface area contributed by atoms with E-state index < -0.39 is 0 Å². The molecule has 0 radical (unpaired) electrons. The Bertz CT molecular complexity index is 5950. The van der Waals surface area contributed by atoms with Crippen LogP contribution in [0, 0.1) is 0 Å². The topological polar surface area (TPSA) is 18.0 Å². The fourth-order valence-electron chi connectivity index (χ4n) is 16.7. The molecule has 0 atom stereocenters. The van der Waals surface area contributed by atoms with Gasteiger partial charge < -0.3 is 18.6 Å². The largest absolute Gasteiger partial charge is 0.310 e. The number of benzene rings is 13. The van der Waals surface area contributed by atoms with Gasteiger partial charge in [0.15, 0.2) is 0 Å². The van der Waals surface area contributed by atoms with Crippen molar-refractivity contribution in [3.8, 4) is 39.3 Å². The Morgan fingerprint density at radius 2 is 0.636 bits per heavy atom. The number of hydrogen-bond acceptors (Lipinski definition) is 1. The van der Waals surface area contributed by atoms with E-state index in [1.54, 1.807) is 0 Å². The van der Waals surface area contributed by atoms with Crippen LogP contribution in [0.25, 0.3) is 126 Å². The number of anilines is 3. The molecule has 16 aromatic rings. The van der Waals surface area contributed by atoms with Gasteiger partial charge in [-0.15, -0.1) is 0 Å². The predicted octanol–water partition coefficient (Wildman–Crippen LogP) is 23.5. The molecule has 0 bridgehead atoms. The predicted molar refractivity (Wildman–Crippen MR) is 427 cm³/mol. The highest BCUT2D eigenvalue weighted by molar-refractivity contribution is 7.00. The molecule has 18 rings (SSSR count). The van der Waals surface area contributed by atoms with E-state index >= 15 is 0 Å². The van der Waals surface area contributed by atoms with Crippen molar-refractivity contribution in [1.29, 1.82) is 0 Å². The van der Waals surface area contributed by atoms with Crippen molar-refractivity contribution in [3.05, 3.63) is 295 Å². The Morgan fingerprint density at radius 1 is 0.253 bits per heavy atom. The van der Waals surface area contributed by atoms with E-state index in [4.69, 9.17) is 0 Å². The van der Waals surface area contributed by atoms with Crippen LogP contribution in [-0.4, -0.2) is 20.4 Å². The van der Waals surface area contributed by atoms with Crippen LogP contribution in [0.1, 0.15) is 105 Å². The van der Waals surface area contributed by atoms with E-state index in [2.05, 4.69) is 375 Å². The molecule has 0 saturated heterocycles. The molecule has 0 N–H and O–H groups in total. The summed E-state index contributed by atoms with van der Waals surface area (Å²) in [6.07, 6.45) is 0. The molecular weight excluding hydrogens is 1200 g/mol. The second-order valence-corrected chi connectivity index (χ2v) is 32.1. The molecule has 13 aromatic carbocycles. The van der Waals surface area contributed by atoms with Crippen molar-refractivity contribution in [2.45, 2.75) is 105 Å². The van der Waals surface area contributed by atoms with Gasteiger partial charge in [-0.05, 0) is 166 Å². The first kappa shape index (κ1) is 60.5. The van der Waals surface area contributed by atoms with Crippen LogP contribution in [0.2, 0.25) is 0 Å². The van der Waals surface area contributed by atoms with E-state index in [-0.39, 0.29) is 28.4 Å². The molecule has 3 aromatic heterocycles. The lowest BCUT2D eigenvalue weighted by Gasteiger charge is -2.42. The summed E-state index contributed by atoms with van der Waals surface area (Å²) in [6.45, 7) is 27.8. The van der Waals surface area contributed by atoms with Gasteiger partial charge in [0.2, 0.25) is 0 Å². The van der Waals surface area contributed by atoms with Gasteiger partial charge in [-0.1, -0.05) is 283 Å². The molecule has 0 aliphatic carbocycles. The Balaban J connectivity index is 1.04. The molecule has 0 fully saturated rings. The minimum Gasteiger partial charge on any atom is -0.310 e. The van der Waals surface area contributed by atoms with Crippen molar-refractivity contribution in [1.82, 2.24) is 13.7 Å². The van der Waals surface area contributed by atoms with Gasteiger partial charge in [-0.2, -0.15) is 0 Å². The quantitative estimate of drug-likeness (QED) is 0.157. The van der Waals surface area contributed by atoms with E-state index in [0.29, 0.717) is 0 Å². The number of fused-ring (bicyclic) bond motifs is 18. The monoisotopic (exact) mass is 1280 g/mol. The number of rotatable bonds is 5. The van der Waals surface area contributed by atoms with Gasteiger partial charge in [-0.25, -0.2) is 0 Å². The number of nitrogens with zero attached hydrogens (tertiary/aromatic N) is 4. The highest BCUT2D eigenvalue weighted by Gasteiger charge is 2.43. The third-order valence-electron chi connectivity index (χ3n) is 21.9. The van der Waals surface area contributed by atoms with Crippen LogP contribution in [-0.2, 0) is 21.7 Å². The maximum absolute atomic E-state index is 2.69. The second kappa shape index (κ2) is 21.8. The summed E-state index contributed by atoms with van der Waals surface area (Å²) in [4.78, 5) is 2.69. The number of aromatic nitrogens is 3. The average molecular weight is 1280 g/mol. The number of para-hydroxylation sites is 2. The molecule has 2 aliphatic heterocycles. The first-order chi connectivity index (χ1) is 47.7. The van der Waals surface area contributed by atoms with Crippen molar-refractivity contribution < 1.29 is 0 Å². The summed E-state index contributed by atoms with van der Waals surface area (Å²) < 4.78 is 7.83. The van der Waals surface area contributed by atoms with Crippen molar-refractivity contribution >= 4 is 127 Å². The minimum atomic E-state index is -0.220. The minimum absolute atomic E-state index is 0.0384. The second-order valence-electron chi connectivity index (χ2n) is 32.1. The summed E-state index contributed by atoms with van der Waals surface area (Å²) in [5.41, 5.74) is 27.4. The van der Waals surface area contributed by atoms with Crippen LogP contribution >= 0.6 is 0 Å². The lowest BCUT2D eigenvalue weighted by Crippen LogP contribution is -2.60. The van der Waals surface area contributed by atoms with E-state index in [1.165, 1.54) is 120 Å². The fraction of sp³-hybridized carbons (Fsp3) is 0.170. The molecule has 2 aliphatic rings. The molecule has 99 heavy (non-hydrogen) atoms. The lowest BCUT2D eigenvalue weighted by molar-refractivity contribution is 0.590. The highest BCUT2D eigenvalue weighted by atomic mass is 15.2. The Labute approximate surface area is 581 Å². The fourth-order valence-corrected chi connectivity index (χ4v) is 16.7. The molecule has 0 unspecified atom stereocenters. The van der Waals surface area contributed by atoms with Crippen molar-refractivity contribution in [2.75, 3.05) is 4.90 Å². The molecule has 480 valence electrons.